The maximum atomic E-state index is 10.1. The van der Waals surface area contributed by atoms with E-state index < -0.39 is 11.6 Å². The van der Waals surface area contributed by atoms with E-state index in [0.29, 0.717) is 6.42 Å². The van der Waals surface area contributed by atoms with E-state index in [1.165, 1.54) is 6.08 Å². The highest BCUT2D eigenvalue weighted by atomic mass is 16.4. The molecule has 0 bridgehead atoms. The molecule has 0 saturated carbocycles. The molecule has 0 spiro atoms. The first-order valence-corrected chi connectivity index (χ1v) is 3.62. The summed E-state index contributed by atoms with van der Waals surface area (Å²) in [5, 5.41) is 17.8. The van der Waals surface area contributed by atoms with Gasteiger partial charge < -0.3 is 10.2 Å². The van der Waals surface area contributed by atoms with Crippen LogP contribution in [0.5, 0.6) is 0 Å². The number of carbonyl (C=O) groups is 1. The molecule has 0 aliphatic rings. The van der Waals surface area contributed by atoms with Crippen molar-refractivity contribution < 1.29 is 15.0 Å². The molecule has 0 amide bonds. The summed E-state index contributed by atoms with van der Waals surface area (Å²) in [5.41, 5.74) is -1.00. The lowest BCUT2D eigenvalue weighted by Gasteiger charge is -2.20. The number of carboxylic acids is 1. The van der Waals surface area contributed by atoms with Crippen molar-refractivity contribution in [1.29, 1.82) is 0 Å². The van der Waals surface area contributed by atoms with Crippen LogP contribution < -0.4 is 0 Å². The van der Waals surface area contributed by atoms with Crippen molar-refractivity contribution in [2.45, 2.75) is 31.8 Å². The van der Waals surface area contributed by atoms with Crippen molar-refractivity contribution in [2.24, 2.45) is 0 Å². The highest BCUT2D eigenvalue weighted by molar-refractivity contribution is 5.66. The number of aliphatic hydroxyl groups is 1. The van der Waals surface area contributed by atoms with Crippen molar-refractivity contribution >= 4 is 5.97 Å². The summed E-state index contributed by atoms with van der Waals surface area (Å²) < 4.78 is 0. The molecule has 3 heteroatoms. The van der Waals surface area contributed by atoms with Crippen LogP contribution in [0.2, 0.25) is 0 Å². The summed E-state index contributed by atoms with van der Waals surface area (Å²) in [7, 11) is 0. The average molecular weight is 158 g/mol. The number of hydrogen-bond donors (Lipinski definition) is 2. The van der Waals surface area contributed by atoms with Gasteiger partial charge in [0.1, 0.15) is 0 Å². The standard InChI is InChI=1S/C8H14O3/c1-3-8(11,4-2)6-5-7(9)10/h3,11H,1,4-6H2,2H3,(H,9,10). The van der Waals surface area contributed by atoms with Crippen LogP contribution in [-0.2, 0) is 4.79 Å². The van der Waals surface area contributed by atoms with Gasteiger partial charge in [-0.1, -0.05) is 13.0 Å². The fourth-order valence-corrected chi connectivity index (χ4v) is 0.747. The Hall–Kier alpha value is -0.830. The molecule has 0 aromatic carbocycles. The molecule has 64 valence electrons. The van der Waals surface area contributed by atoms with Crippen molar-refractivity contribution in [2.75, 3.05) is 0 Å². The predicted octanol–water partition coefficient (Wildman–Crippen LogP) is 1.18. The second-order valence-electron chi connectivity index (χ2n) is 2.55. The lowest BCUT2D eigenvalue weighted by Crippen LogP contribution is -2.25. The predicted molar refractivity (Wildman–Crippen MR) is 42.3 cm³/mol. The lowest BCUT2D eigenvalue weighted by atomic mass is 9.95. The molecule has 0 aromatic heterocycles. The van der Waals surface area contributed by atoms with Crippen LogP contribution in [0.4, 0.5) is 0 Å². The summed E-state index contributed by atoms with van der Waals surface area (Å²) in [6, 6.07) is 0. The van der Waals surface area contributed by atoms with E-state index in [9.17, 15) is 9.90 Å². The van der Waals surface area contributed by atoms with Crippen LogP contribution in [0.25, 0.3) is 0 Å². The van der Waals surface area contributed by atoms with Gasteiger partial charge in [-0.05, 0) is 12.8 Å². The van der Waals surface area contributed by atoms with Gasteiger partial charge in [-0.25, -0.2) is 0 Å². The van der Waals surface area contributed by atoms with Crippen LogP contribution in [0.1, 0.15) is 26.2 Å². The molecule has 0 fully saturated rings. The fourth-order valence-electron chi connectivity index (χ4n) is 0.747. The zero-order chi connectivity index (χ0) is 8.91. The Balaban J connectivity index is 3.87. The molecule has 3 nitrogen and oxygen atoms in total. The smallest absolute Gasteiger partial charge is 0.303 e. The minimum atomic E-state index is -1.00. The van der Waals surface area contributed by atoms with E-state index in [0.717, 1.165) is 0 Å². The Labute approximate surface area is 66.4 Å². The van der Waals surface area contributed by atoms with Crippen LogP contribution in [0.15, 0.2) is 12.7 Å². The highest BCUT2D eigenvalue weighted by Gasteiger charge is 2.20. The largest absolute Gasteiger partial charge is 0.481 e. The van der Waals surface area contributed by atoms with Gasteiger partial charge in [0.25, 0.3) is 0 Å². The Morgan fingerprint density at radius 1 is 1.73 bits per heavy atom. The average Bonchev–Trinajstić information content (AvgIpc) is 2.00. The van der Waals surface area contributed by atoms with Crippen molar-refractivity contribution in [1.82, 2.24) is 0 Å². The zero-order valence-electron chi connectivity index (χ0n) is 6.71. The van der Waals surface area contributed by atoms with Gasteiger partial charge in [-0.15, -0.1) is 6.58 Å². The molecule has 11 heavy (non-hydrogen) atoms. The minimum Gasteiger partial charge on any atom is -0.481 e. The van der Waals surface area contributed by atoms with Crippen LogP contribution in [0.3, 0.4) is 0 Å². The number of rotatable bonds is 5. The molecule has 1 unspecified atom stereocenters. The lowest BCUT2D eigenvalue weighted by molar-refractivity contribution is -0.138. The SMILES string of the molecule is C=CC(O)(CC)CCC(=O)O. The van der Waals surface area contributed by atoms with E-state index in [4.69, 9.17) is 5.11 Å². The minimum absolute atomic E-state index is 0.0175. The summed E-state index contributed by atoms with van der Waals surface area (Å²) in [5.74, 6) is -0.890. The summed E-state index contributed by atoms with van der Waals surface area (Å²) >= 11 is 0. The first-order valence-electron chi connectivity index (χ1n) is 3.62. The maximum Gasteiger partial charge on any atom is 0.303 e. The van der Waals surface area contributed by atoms with Gasteiger partial charge >= 0.3 is 5.97 Å². The normalized spacial score (nSPS) is 15.5. The first kappa shape index (κ1) is 10.2. The van der Waals surface area contributed by atoms with E-state index in [1.807, 2.05) is 0 Å². The monoisotopic (exact) mass is 158 g/mol. The quantitative estimate of drug-likeness (QED) is 0.590. The van der Waals surface area contributed by atoms with Crippen LogP contribution in [0, 0.1) is 0 Å². The zero-order valence-corrected chi connectivity index (χ0v) is 6.71. The molecule has 0 radical (unpaired) electrons. The molecule has 2 N–H and O–H groups in total. The van der Waals surface area contributed by atoms with E-state index in [-0.39, 0.29) is 12.8 Å². The fraction of sp³-hybridized carbons (Fsp3) is 0.625. The van der Waals surface area contributed by atoms with Gasteiger partial charge in [0.2, 0.25) is 0 Å². The molecular weight excluding hydrogens is 144 g/mol. The third kappa shape index (κ3) is 3.78. The van der Waals surface area contributed by atoms with Crippen LogP contribution >= 0.6 is 0 Å². The Morgan fingerprint density at radius 2 is 2.27 bits per heavy atom. The molecule has 0 aliphatic carbocycles. The molecule has 0 aliphatic heterocycles. The van der Waals surface area contributed by atoms with Gasteiger partial charge in [-0.2, -0.15) is 0 Å². The molecule has 0 heterocycles. The van der Waals surface area contributed by atoms with Crippen molar-refractivity contribution in [3.63, 3.8) is 0 Å². The summed E-state index contributed by atoms with van der Waals surface area (Å²) in [6.07, 6.45) is 2.12. The molecular formula is C8H14O3. The third-order valence-corrected chi connectivity index (χ3v) is 1.76. The number of hydrogen-bond acceptors (Lipinski definition) is 2. The van der Waals surface area contributed by atoms with E-state index in [1.54, 1.807) is 6.92 Å². The molecule has 0 saturated heterocycles. The Kier molecular flexibility index (Phi) is 3.82. The molecule has 0 rings (SSSR count). The maximum absolute atomic E-state index is 10.1. The van der Waals surface area contributed by atoms with Gasteiger partial charge in [-0.3, -0.25) is 4.79 Å². The van der Waals surface area contributed by atoms with Gasteiger partial charge in [0, 0.05) is 6.42 Å². The van der Waals surface area contributed by atoms with Gasteiger partial charge in [0.15, 0.2) is 0 Å². The Bertz CT molecular complexity index is 153. The first-order chi connectivity index (χ1) is 5.04. The van der Waals surface area contributed by atoms with Gasteiger partial charge in [0.05, 0.1) is 5.60 Å². The number of aliphatic carboxylic acids is 1. The second kappa shape index (κ2) is 4.13. The van der Waals surface area contributed by atoms with E-state index >= 15 is 0 Å². The van der Waals surface area contributed by atoms with Crippen molar-refractivity contribution in [3.05, 3.63) is 12.7 Å². The Morgan fingerprint density at radius 3 is 2.55 bits per heavy atom. The summed E-state index contributed by atoms with van der Waals surface area (Å²) in [4.78, 5) is 10.1. The molecule has 1 atom stereocenters. The second-order valence-corrected chi connectivity index (χ2v) is 2.55. The third-order valence-electron chi connectivity index (χ3n) is 1.76. The molecule has 0 aromatic rings. The summed E-state index contributed by atoms with van der Waals surface area (Å²) in [6.45, 7) is 5.23. The van der Waals surface area contributed by atoms with E-state index in [2.05, 4.69) is 6.58 Å². The highest BCUT2D eigenvalue weighted by Crippen LogP contribution is 2.17. The topological polar surface area (TPSA) is 57.5 Å². The van der Waals surface area contributed by atoms with Crippen LogP contribution in [-0.4, -0.2) is 21.8 Å². The number of carboxylic acid groups (broad SMARTS) is 1. The van der Waals surface area contributed by atoms with Crippen molar-refractivity contribution in [3.8, 4) is 0 Å².